The lowest BCUT2D eigenvalue weighted by Crippen LogP contribution is -2.60. The van der Waals surface area contributed by atoms with Crippen molar-refractivity contribution in [2.45, 2.75) is 44.6 Å². The van der Waals surface area contributed by atoms with Crippen LogP contribution in [0.3, 0.4) is 0 Å². The number of hydrogen-bond donors (Lipinski definition) is 1. The van der Waals surface area contributed by atoms with Gasteiger partial charge in [0.2, 0.25) is 0 Å². The van der Waals surface area contributed by atoms with Crippen molar-refractivity contribution in [1.82, 2.24) is 10.2 Å². The van der Waals surface area contributed by atoms with Crippen molar-refractivity contribution in [3.05, 3.63) is 23.8 Å². The fourth-order valence-electron chi connectivity index (χ4n) is 4.27. The molecule has 29 heavy (non-hydrogen) atoms. The van der Waals surface area contributed by atoms with Crippen molar-refractivity contribution >= 4 is 5.91 Å². The van der Waals surface area contributed by atoms with E-state index in [4.69, 9.17) is 19.5 Å². The minimum Gasteiger partial charge on any atom is -0.490 e. The standard InChI is InChI=1S/C22H31N3O4/c1-2-28-20-14-18(15-23)6-7-19(20)29-16-21(26)24-17-22(8-4-3-5-9-22)25-10-12-27-13-11-25/h6-7,14H,2-5,8-13,16-17H2,1H3,(H,24,26). The Balaban J connectivity index is 1.56. The highest BCUT2D eigenvalue weighted by molar-refractivity contribution is 5.77. The minimum absolute atomic E-state index is 0.0304. The molecule has 3 rings (SSSR count). The monoisotopic (exact) mass is 401 g/mol. The van der Waals surface area contributed by atoms with Crippen molar-refractivity contribution in [1.29, 1.82) is 5.26 Å². The summed E-state index contributed by atoms with van der Waals surface area (Å²) in [5, 5.41) is 12.1. The van der Waals surface area contributed by atoms with Crippen LogP contribution in [-0.4, -0.2) is 62.4 Å². The van der Waals surface area contributed by atoms with Gasteiger partial charge in [0.1, 0.15) is 0 Å². The summed E-state index contributed by atoms with van der Waals surface area (Å²) in [5.41, 5.74) is 0.526. The van der Waals surface area contributed by atoms with Gasteiger partial charge in [0, 0.05) is 31.2 Å². The van der Waals surface area contributed by atoms with Crippen LogP contribution in [0.25, 0.3) is 0 Å². The molecule has 1 aromatic carbocycles. The number of carbonyl (C=O) groups is 1. The first kappa shape index (κ1) is 21.4. The maximum atomic E-state index is 12.5. The summed E-state index contributed by atoms with van der Waals surface area (Å²) in [5.74, 6) is 0.813. The molecule has 7 heteroatoms. The molecular formula is C22H31N3O4. The van der Waals surface area contributed by atoms with Crippen molar-refractivity contribution < 1.29 is 19.0 Å². The number of carbonyl (C=O) groups excluding carboxylic acids is 1. The highest BCUT2D eigenvalue weighted by Crippen LogP contribution is 2.34. The second-order valence-electron chi connectivity index (χ2n) is 7.66. The molecule has 0 aromatic heterocycles. The lowest BCUT2D eigenvalue weighted by Gasteiger charge is -2.48. The number of nitrogens with one attached hydrogen (secondary N) is 1. The van der Waals surface area contributed by atoms with Gasteiger partial charge in [-0.05, 0) is 31.9 Å². The number of benzene rings is 1. The van der Waals surface area contributed by atoms with E-state index in [0.717, 1.165) is 39.1 Å². The number of nitrogens with zero attached hydrogens (tertiary/aromatic N) is 2. The Bertz CT molecular complexity index is 719. The Morgan fingerprint density at radius 2 is 1.97 bits per heavy atom. The molecule has 1 aliphatic carbocycles. The number of amides is 1. The average Bonchev–Trinajstić information content (AvgIpc) is 2.78. The third-order valence-electron chi connectivity index (χ3n) is 5.81. The summed E-state index contributed by atoms with van der Waals surface area (Å²) in [4.78, 5) is 15.0. The molecule has 1 saturated carbocycles. The number of ether oxygens (including phenoxy) is 3. The highest BCUT2D eigenvalue weighted by Gasteiger charge is 2.38. The molecule has 1 saturated heterocycles. The first-order valence-corrected chi connectivity index (χ1v) is 10.6. The average molecular weight is 402 g/mol. The van der Waals surface area contributed by atoms with Gasteiger partial charge in [0.25, 0.3) is 5.91 Å². The van der Waals surface area contributed by atoms with E-state index in [0.29, 0.717) is 30.2 Å². The molecule has 1 aliphatic heterocycles. The molecule has 1 amide bonds. The molecule has 0 bridgehead atoms. The fourth-order valence-corrected chi connectivity index (χ4v) is 4.27. The summed E-state index contributed by atoms with van der Waals surface area (Å²) in [6, 6.07) is 7.04. The van der Waals surface area contributed by atoms with Gasteiger partial charge in [-0.1, -0.05) is 19.3 Å². The SMILES string of the molecule is CCOc1cc(C#N)ccc1OCC(=O)NCC1(N2CCOCC2)CCCCC1. The Morgan fingerprint density at radius 3 is 2.66 bits per heavy atom. The first-order valence-electron chi connectivity index (χ1n) is 10.6. The zero-order valence-electron chi connectivity index (χ0n) is 17.2. The lowest BCUT2D eigenvalue weighted by molar-refractivity contribution is -0.124. The fraction of sp³-hybridized carbons (Fsp3) is 0.636. The van der Waals surface area contributed by atoms with Crippen LogP contribution in [0.15, 0.2) is 18.2 Å². The predicted molar refractivity (Wildman–Crippen MR) is 109 cm³/mol. The van der Waals surface area contributed by atoms with E-state index in [9.17, 15) is 4.79 Å². The van der Waals surface area contributed by atoms with Crippen molar-refractivity contribution in [3.63, 3.8) is 0 Å². The number of morpholine rings is 1. The zero-order valence-corrected chi connectivity index (χ0v) is 17.2. The largest absolute Gasteiger partial charge is 0.490 e. The maximum Gasteiger partial charge on any atom is 0.258 e. The molecule has 7 nitrogen and oxygen atoms in total. The summed E-state index contributed by atoms with van der Waals surface area (Å²) < 4.78 is 16.7. The third-order valence-corrected chi connectivity index (χ3v) is 5.81. The van der Waals surface area contributed by atoms with E-state index >= 15 is 0 Å². The summed E-state index contributed by atoms with van der Waals surface area (Å²) in [6.45, 7) is 6.26. The van der Waals surface area contributed by atoms with Gasteiger partial charge < -0.3 is 19.5 Å². The quantitative estimate of drug-likeness (QED) is 0.721. The van der Waals surface area contributed by atoms with Gasteiger partial charge in [-0.3, -0.25) is 9.69 Å². The summed E-state index contributed by atoms with van der Waals surface area (Å²) >= 11 is 0. The van der Waals surface area contributed by atoms with Crippen molar-refractivity contribution in [3.8, 4) is 17.6 Å². The van der Waals surface area contributed by atoms with Crippen molar-refractivity contribution in [2.75, 3.05) is 46.1 Å². The van der Waals surface area contributed by atoms with E-state index in [2.05, 4.69) is 16.3 Å². The van der Waals surface area contributed by atoms with Crippen LogP contribution in [0.1, 0.15) is 44.6 Å². The molecular weight excluding hydrogens is 370 g/mol. The van der Waals surface area contributed by atoms with Gasteiger partial charge in [0.05, 0.1) is 31.5 Å². The van der Waals surface area contributed by atoms with E-state index in [1.807, 2.05) is 6.92 Å². The van der Waals surface area contributed by atoms with E-state index in [-0.39, 0.29) is 18.1 Å². The zero-order chi connectivity index (χ0) is 20.5. The Hall–Kier alpha value is -2.30. The summed E-state index contributed by atoms with van der Waals surface area (Å²) in [7, 11) is 0. The molecule has 0 radical (unpaired) electrons. The molecule has 0 atom stereocenters. The predicted octanol–water partition coefficient (Wildman–Crippen LogP) is 2.49. The minimum atomic E-state index is -0.144. The Labute approximate surface area is 172 Å². The molecule has 2 fully saturated rings. The molecule has 158 valence electrons. The first-order chi connectivity index (χ1) is 14.2. The smallest absolute Gasteiger partial charge is 0.258 e. The van der Waals surface area contributed by atoms with Gasteiger partial charge in [-0.2, -0.15) is 5.26 Å². The van der Waals surface area contributed by atoms with Crippen molar-refractivity contribution in [2.24, 2.45) is 0 Å². The van der Waals surface area contributed by atoms with Crippen LogP contribution in [0.5, 0.6) is 11.5 Å². The van der Waals surface area contributed by atoms with E-state index in [1.54, 1.807) is 18.2 Å². The van der Waals surface area contributed by atoms with Gasteiger partial charge in [-0.15, -0.1) is 0 Å². The second-order valence-corrected chi connectivity index (χ2v) is 7.66. The molecule has 1 N–H and O–H groups in total. The van der Waals surface area contributed by atoms with Gasteiger partial charge in [0.15, 0.2) is 18.1 Å². The molecule has 2 aliphatic rings. The van der Waals surface area contributed by atoms with Crippen LogP contribution in [0, 0.1) is 11.3 Å². The lowest BCUT2D eigenvalue weighted by atomic mass is 9.79. The van der Waals surface area contributed by atoms with Crippen LogP contribution in [-0.2, 0) is 9.53 Å². The van der Waals surface area contributed by atoms with Crippen LogP contribution >= 0.6 is 0 Å². The van der Waals surface area contributed by atoms with Gasteiger partial charge >= 0.3 is 0 Å². The van der Waals surface area contributed by atoms with E-state index in [1.165, 1.54) is 19.3 Å². The number of hydrogen-bond acceptors (Lipinski definition) is 6. The number of rotatable bonds is 8. The molecule has 1 aromatic rings. The third kappa shape index (κ3) is 5.62. The molecule has 0 unspecified atom stereocenters. The Morgan fingerprint density at radius 1 is 1.21 bits per heavy atom. The summed E-state index contributed by atoms with van der Waals surface area (Å²) in [6.07, 6.45) is 5.89. The van der Waals surface area contributed by atoms with Gasteiger partial charge in [-0.25, -0.2) is 0 Å². The maximum absolute atomic E-state index is 12.5. The molecule has 1 heterocycles. The highest BCUT2D eigenvalue weighted by atomic mass is 16.5. The second kappa shape index (κ2) is 10.5. The topological polar surface area (TPSA) is 83.8 Å². The Kier molecular flexibility index (Phi) is 7.73. The van der Waals surface area contributed by atoms with Crippen LogP contribution in [0.4, 0.5) is 0 Å². The number of nitriles is 1. The normalized spacial score (nSPS) is 19.2. The van der Waals surface area contributed by atoms with Crippen LogP contribution in [0.2, 0.25) is 0 Å². The van der Waals surface area contributed by atoms with Crippen LogP contribution < -0.4 is 14.8 Å². The van der Waals surface area contributed by atoms with E-state index < -0.39 is 0 Å². The molecule has 0 spiro atoms.